The second-order valence-corrected chi connectivity index (χ2v) is 4.81. The average molecular weight is 264 g/mol. The van der Waals surface area contributed by atoms with Crippen molar-refractivity contribution in [3.8, 4) is 0 Å². The van der Waals surface area contributed by atoms with E-state index in [1.54, 1.807) is 0 Å². The van der Waals surface area contributed by atoms with Gasteiger partial charge in [-0.05, 0) is 25.3 Å². The maximum atomic E-state index is 11.9. The number of carboxylic acids is 1. The maximum absolute atomic E-state index is 11.9. The smallest absolute Gasteiger partial charge is 0.306 e. The summed E-state index contributed by atoms with van der Waals surface area (Å²) in [4.78, 5) is 36.4. The molecule has 0 saturated heterocycles. The second-order valence-electron chi connectivity index (χ2n) is 4.81. The van der Waals surface area contributed by atoms with Gasteiger partial charge in [0.05, 0.1) is 5.92 Å². The van der Waals surface area contributed by atoms with E-state index in [0.717, 1.165) is 12.8 Å². The quantitative estimate of drug-likeness (QED) is 0.750. The Morgan fingerprint density at radius 1 is 1.37 bits per heavy atom. The normalized spacial score (nSPS) is 22.7. The number of amides is 1. The molecule has 1 aromatic heterocycles. The predicted octanol–water partition coefficient (Wildman–Crippen LogP) is 0.748. The number of carbonyl (C=O) groups is 2. The zero-order chi connectivity index (χ0) is 13.8. The molecule has 6 heteroatoms. The molecule has 102 valence electrons. The molecule has 2 atom stereocenters. The van der Waals surface area contributed by atoms with Gasteiger partial charge in [-0.15, -0.1) is 0 Å². The summed E-state index contributed by atoms with van der Waals surface area (Å²) in [5.41, 5.74) is -0.0408. The van der Waals surface area contributed by atoms with Crippen LogP contribution in [0.5, 0.6) is 0 Å². The summed E-state index contributed by atoms with van der Waals surface area (Å²) >= 11 is 0. The van der Waals surface area contributed by atoms with Gasteiger partial charge in [-0.25, -0.2) is 0 Å². The van der Waals surface area contributed by atoms with Crippen LogP contribution in [0, 0.1) is 5.92 Å². The van der Waals surface area contributed by atoms with Crippen molar-refractivity contribution in [1.82, 2.24) is 10.3 Å². The van der Waals surface area contributed by atoms with Gasteiger partial charge in [0.1, 0.15) is 0 Å². The SMILES string of the molecule is O=C(NC1CCCC(C(=O)O)C1)c1cc[nH]c(=O)c1. The van der Waals surface area contributed by atoms with E-state index in [1.807, 2.05) is 0 Å². The Labute approximate surface area is 109 Å². The topological polar surface area (TPSA) is 99.3 Å². The van der Waals surface area contributed by atoms with E-state index in [-0.39, 0.29) is 17.5 Å². The van der Waals surface area contributed by atoms with Gasteiger partial charge in [0.2, 0.25) is 5.56 Å². The van der Waals surface area contributed by atoms with Gasteiger partial charge in [-0.3, -0.25) is 14.4 Å². The molecule has 1 aliphatic carbocycles. The number of aromatic amines is 1. The minimum Gasteiger partial charge on any atom is -0.481 e. The summed E-state index contributed by atoms with van der Waals surface area (Å²) in [5.74, 6) is -1.53. The molecule has 1 heterocycles. The highest BCUT2D eigenvalue weighted by Gasteiger charge is 2.27. The van der Waals surface area contributed by atoms with E-state index < -0.39 is 11.9 Å². The van der Waals surface area contributed by atoms with Crippen LogP contribution < -0.4 is 10.9 Å². The van der Waals surface area contributed by atoms with E-state index in [4.69, 9.17) is 5.11 Å². The molecule has 1 aromatic rings. The fraction of sp³-hybridized carbons (Fsp3) is 0.462. The highest BCUT2D eigenvalue weighted by Crippen LogP contribution is 2.24. The van der Waals surface area contributed by atoms with Gasteiger partial charge >= 0.3 is 5.97 Å². The lowest BCUT2D eigenvalue weighted by molar-refractivity contribution is -0.143. The van der Waals surface area contributed by atoms with Crippen molar-refractivity contribution >= 4 is 11.9 Å². The van der Waals surface area contributed by atoms with E-state index in [9.17, 15) is 14.4 Å². The van der Waals surface area contributed by atoms with Crippen LogP contribution in [0.1, 0.15) is 36.0 Å². The first kappa shape index (κ1) is 13.3. The molecule has 2 rings (SSSR count). The second kappa shape index (κ2) is 5.69. The number of aromatic nitrogens is 1. The van der Waals surface area contributed by atoms with Gasteiger partial charge in [-0.2, -0.15) is 0 Å². The number of carbonyl (C=O) groups excluding carboxylic acids is 1. The van der Waals surface area contributed by atoms with Crippen LogP contribution in [0.3, 0.4) is 0 Å². The van der Waals surface area contributed by atoms with Crippen LogP contribution >= 0.6 is 0 Å². The zero-order valence-electron chi connectivity index (χ0n) is 10.4. The molecule has 6 nitrogen and oxygen atoms in total. The fourth-order valence-electron chi connectivity index (χ4n) is 2.40. The number of rotatable bonds is 3. The van der Waals surface area contributed by atoms with Gasteiger partial charge in [0.15, 0.2) is 0 Å². The summed E-state index contributed by atoms with van der Waals surface area (Å²) in [7, 11) is 0. The predicted molar refractivity (Wildman–Crippen MR) is 67.9 cm³/mol. The molecule has 3 N–H and O–H groups in total. The lowest BCUT2D eigenvalue weighted by atomic mass is 9.85. The molecule has 1 amide bonds. The van der Waals surface area contributed by atoms with Crippen molar-refractivity contribution in [2.75, 3.05) is 0 Å². The third-order valence-corrected chi connectivity index (χ3v) is 3.40. The standard InChI is InChI=1S/C13H16N2O4/c16-11-7-8(4-5-14-11)12(17)15-10-3-1-2-9(6-10)13(18)19/h4-5,7,9-10H,1-3,6H2,(H,14,16)(H,15,17)(H,18,19). The monoisotopic (exact) mass is 264 g/mol. The van der Waals surface area contributed by atoms with Crippen LogP contribution in [0.25, 0.3) is 0 Å². The van der Waals surface area contributed by atoms with Gasteiger partial charge in [-0.1, -0.05) is 6.42 Å². The van der Waals surface area contributed by atoms with Crippen LogP contribution in [-0.2, 0) is 4.79 Å². The molecule has 0 spiro atoms. The van der Waals surface area contributed by atoms with E-state index in [0.29, 0.717) is 18.4 Å². The Balaban J connectivity index is 1.99. The Bertz CT molecular complexity index is 537. The van der Waals surface area contributed by atoms with Gasteiger partial charge in [0.25, 0.3) is 5.91 Å². The Morgan fingerprint density at radius 2 is 2.16 bits per heavy atom. The minimum absolute atomic E-state index is 0.137. The number of hydrogen-bond acceptors (Lipinski definition) is 3. The molecule has 2 unspecified atom stereocenters. The number of carboxylic acid groups (broad SMARTS) is 1. The van der Waals surface area contributed by atoms with Crippen molar-refractivity contribution < 1.29 is 14.7 Å². The molecule has 0 radical (unpaired) electrons. The first-order chi connectivity index (χ1) is 9.06. The van der Waals surface area contributed by atoms with Gasteiger partial charge in [0, 0.05) is 23.9 Å². The van der Waals surface area contributed by atoms with Gasteiger partial charge < -0.3 is 15.4 Å². The molecule has 1 saturated carbocycles. The largest absolute Gasteiger partial charge is 0.481 e. The molecule has 0 aliphatic heterocycles. The lowest BCUT2D eigenvalue weighted by Gasteiger charge is -2.27. The van der Waals surface area contributed by atoms with E-state index in [1.165, 1.54) is 18.3 Å². The zero-order valence-corrected chi connectivity index (χ0v) is 10.4. The highest BCUT2D eigenvalue weighted by molar-refractivity contribution is 5.94. The summed E-state index contributed by atoms with van der Waals surface area (Å²) in [6, 6.07) is 2.61. The third kappa shape index (κ3) is 3.43. The summed E-state index contributed by atoms with van der Waals surface area (Å²) in [6.45, 7) is 0. The molecule has 0 bridgehead atoms. The minimum atomic E-state index is -0.810. The fourth-order valence-corrected chi connectivity index (χ4v) is 2.40. The van der Waals surface area contributed by atoms with Crippen LogP contribution in [0.2, 0.25) is 0 Å². The van der Waals surface area contributed by atoms with Crippen molar-refractivity contribution in [3.05, 3.63) is 34.2 Å². The molecular weight excluding hydrogens is 248 g/mol. The molecule has 1 fully saturated rings. The number of aliphatic carboxylic acids is 1. The number of nitrogens with one attached hydrogen (secondary N) is 2. The summed E-state index contributed by atoms with van der Waals surface area (Å²) < 4.78 is 0. The van der Waals surface area contributed by atoms with E-state index in [2.05, 4.69) is 10.3 Å². The summed E-state index contributed by atoms with van der Waals surface area (Å²) in [6.07, 6.45) is 4.09. The average Bonchev–Trinajstić information content (AvgIpc) is 2.39. The number of hydrogen-bond donors (Lipinski definition) is 3. The summed E-state index contributed by atoms with van der Waals surface area (Å²) in [5, 5.41) is 11.8. The van der Waals surface area contributed by atoms with Crippen LogP contribution in [0.4, 0.5) is 0 Å². The van der Waals surface area contributed by atoms with E-state index >= 15 is 0 Å². The Kier molecular flexibility index (Phi) is 3.99. The molecule has 0 aromatic carbocycles. The number of pyridine rings is 1. The Hall–Kier alpha value is -2.11. The van der Waals surface area contributed by atoms with Crippen molar-refractivity contribution in [2.24, 2.45) is 5.92 Å². The lowest BCUT2D eigenvalue weighted by Crippen LogP contribution is -2.40. The van der Waals surface area contributed by atoms with Crippen molar-refractivity contribution in [3.63, 3.8) is 0 Å². The third-order valence-electron chi connectivity index (χ3n) is 3.40. The maximum Gasteiger partial charge on any atom is 0.306 e. The van der Waals surface area contributed by atoms with Crippen LogP contribution in [-0.4, -0.2) is 28.0 Å². The first-order valence-electron chi connectivity index (χ1n) is 6.28. The number of H-pyrrole nitrogens is 1. The molecule has 19 heavy (non-hydrogen) atoms. The molecular formula is C13H16N2O4. The van der Waals surface area contributed by atoms with Crippen LogP contribution in [0.15, 0.2) is 23.1 Å². The molecule has 1 aliphatic rings. The van der Waals surface area contributed by atoms with Crippen molar-refractivity contribution in [2.45, 2.75) is 31.7 Å². The highest BCUT2D eigenvalue weighted by atomic mass is 16.4. The first-order valence-corrected chi connectivity index (χ1v) is 6.28. The van der Waals surface area contributed by atoms with Crippen molar-refractivity contribution in [1.29, 1.82) is 0 Å². The Morgan fingerprint density at radius 3 is 2.84 bits per heavy atom.